The second-order valence-corrected chi connectivity index (χ2v) is 7.40. The maximum absolute atomic E-state index is 13.3. The van der Waals surface area contributed by atoms with Crippen molar-refractivity contribution in [2.24, 2.45) is 17.6 Å². The van der Waals surface area contributed by atoms with E-state index in [4.69, 9.17) is 10.5 Å². The lowest BCUT2D eigenvalue weighted by Crippen LogP contribution is -2.58. The molecule has 0 unspecified atom stereocenters. The molecule has 0 saturated heterocycles. The molecule has 4 rings (SSSR count). The van der Waals surface area contributed by atoms with Crippen molar-refractivity contribution in [3.05, 3.63) is 46.2 Å². The lowest BCUT2D eigenvalue weighted by Gasteiger charge is -2.46. The molecule has 1 aromatic carbocycles. The summed E-state index contributed by atoms with van der Waals surface area (Å²) in [5, 5.41) is 32.4. The highest BCUT2D eigenvalue weighted by Crippen LogP contribution is 2.51. The third-order valence-electron chi connectivity index (χ3n) is 6.00. The van der Waals surface area contributed by atoms with E-state index in [0.29, 0.717) is 17.7 Å². The Hall–Kier alpha value is -3.13. The van der Waals surface area contributed by atoms with E-state index in [1.165, 1.54) is 7.11 Å². The summed E-state index contributed by atoms with van der Waals surface area (Å²) in [6, 6.07) is 5.22. The quantitative estimate of drug-likeness (QED) is 0.549. The molecule has 0 heterocycles. The highest BCUT2D eigenvalue weighted by atomic mass is 16.5. The van der Waals surface area contributed by atoms with Crippen LogP contribution in [0.1, 0.15) is 24.0 Å². The van der Waals surface area contributed by atoms with Gasteiger partial charge in [0.05, 0.1) is 12.7 Å². The number of aliphatic hydroxyl groups excluding tert-OH is 2. The van der Waals surface area contributed by atoms with Crippen LogP contribution < -0.4 is 10.5 Å². The van der Waals surface area contributed by atoms with E-state index in [-0.39, 0.29) is 24.2 Å². The largest absolute Gasteiger partial charge is 0.508 e. The van der Waals surface area contributed by atoms with Crippen molar-refractivity contribution in [3.63, 3.8) is 0 Å². The van der Waals surface area contributed by atoms with E-state index in [1.54, 1.807) is 12.1 Å². The number of nitrogens with two attached hydrogens (primary N) is 1. The Morgan fingerprint density at radius 3 is 2.61 bits per heavy atom. The van der Waals surface area contributed by atoms with E-state index in [9.17, 15) is 29.7 Å². The highest BCUT2D eigenvalue weighted by Gasteiger charge is 2.60. The molecule has 146 valence electrons. The van der Waals surface area contributed by atoms with Gasteiger partial charge in [0, 0.05) is 17.9 Å². The number of aliphatic hydroxyl groups is 3. The smallest absolute Gasteiger partial charge is 0.255 e. The van der Waals surface area contributed by atoms with Crippen LogP contribution in [0.25, 0.3) is 5.76 Å². The number of amides is 1. The summed E-state index contributed by atoms with van der Waals surface area (Å²) in [5.74, 6) is -5.18. The zero-order valence-electron chi connectivity index (χ0n) is 15.1. The third-order valence-corrected chi connectivity index (χ3v) is 6.00. The van der Waals surface area contributed by atoms with Gasteiger partial charge >= 0.3 is 0 Å². The highest BCUT2D eigenvalue weighted by molar-refractivity contribution is 6.22. The average molecular weight is 385 g/mol. The lowest BCUT2D eigenvalue weighted by atomic mass is 9.59. The van der Waals surface area contributed by atoms with Crippen LogP contribution in [-0.2, 0) is 20.8 Å². The first-order valence-corrected chi connectivity index (χ1v) is 8.85. The predicted molar refractivity (Wildman–Crippen MR) is 96.3 cm³/mol. The minimum atomic E-state index is -2.47. The molecular weight excluding hydrogens is 366 g/mol. The maximum Gasteiger partial charge on any atom is 0.255 e. The molecule has 3 aliphatic carbocycles. The molecule has 5 N–H and O–H groups in total. The number of carbonyl (C=O) groups excluding carboxylic acids is 3. The fourth-order valence-corrected chi connectivity index (χ4v) is 4.71. The number of rotatable bonds is 2. The molecule has 1 aromatic rings. The molecule has 0 aromatic heterocycles. The molecule has 3 atom stereocenters. The van der Waals surface area contributed by atoms with Gasteiger partial charge in [0.2, 0.25) is 5.78 Å². The van der Waals surface area contributed by atoms with Crippen molar-refractivity contribution >= 4 is 23.2 Å². The van der Waals surface area contributed by atoms with Gasteiger partial charge in [-0.1, -0.05) is 12.1 Å². The van der Waals surface area contributed by atoms with Crippen molar-refractivity contribution in [1.82, 2.24) is 0 Å². The number of ketones is 2. The first-order chi connectivity index (χ1) is 13.2. The fourth-order valence-electron chi connectivity index (χ4n) is 4.71. The molecule has 0 radical (unpaired) electrons. The second kappa shape index (κ2) is 5.93. The van der Waals surface area contributed by atoms with Crippen LogP contribution >= 0.6 is 0 Å². The van der Waals surface area contributed by atoms with Gasteiger partial charge in [-0.25, -0.2) is 0 Å². The summed E-state index contributed by atoms with van der Waals surface area (Å²) in [6.07, 6.45) is 0.297. The normalized spacial score (nSPS) is 29.2. The van der Waals surface area contributed by atoms with Crippen LogP contribution in [0.5, 0.6) is 5.75 Å². The third kappa shape index (κ3) is 2.18. The molecule has 8 nitrogen and oxygen atoms in total. The Morgan fingerprint density at radius 1 is 1.25 bits per heavy atom. The standard InChI is InChI=1S/C20H19NO7/c1-28-12-4-2-3-8-5-9-6-10-7-11(22)15(19(21)26)18(25)20(10,27)17(24)14(9)16(23)13(8)12/h2-4,9-10,23,25,27H,5-7H2,1H3,(H2,21,26)/t9-,10-,20-/m0/s1. The SMILES string of the molecule is COc1cccc2c1C(O)=C1C(=O)[C@]3(O)C(O)=C(C(N)=O)C(=O)C[C@@H]3C[C@@H]1C2. The van der Waals surface area contributed by atoms with Crippen LogP contribution in [0.3, 0.4) is 0 Å². The average Bonchev–Trinajstić information content (AvgIpc) is 2.64. The van der Waals surface area contributed by atoms with Gasteiger partial charge in [-0.3, -0.25) is 14.4 Å². The summed E-state index contributed by atoms with van der Waals surface area (Å²) in [6.45, 7) is 0. The zero-order valence-corrected chi connectivity index (χ0v) is 15.1. The second-order valence-electron chi connectivity index (χ2n) is 7.40. The topological polar surface area (TPSA) is 147 Å². The number of benzene rings is 1. The summed E-state index contributed by atoms with van der Waals surface area (Å²) in [5.41, 5.74) is 3.02. The van der Waals surface area contributed by atoms with E-state index < -0.39 is 46.2 Å². The van der Waals surface area contributed by atoms with Gasteiger partial charge < -0.3 is 25.8 Å². The van der Waals surface area contributed by atoms with Gasteiger partial charge in [-0.2, -0.15) is 0 Å². The Bertz CT molecular complexity index is 1010. The summed E-state index contributed by atoms with van der Waals surface area (Å²) in [4.78, 5) is 37.1. The number of hydrogen-bond acceptors (Lipinski definition) is 7. The molecule has 28 heavy (non-hydrogen) atoms. The number of hydrogen-bond donors (Lipinski definition) is 4. The van der Waals surface area contributed by atoms with Crippen molar-refractivity contribution < 1.29 is 34.4 Å². The van der Waals surface area contributed by atoms with E-state index in [0.717, 1.165) is 5.56 Å². The summed E-state index contributed by atoms with van der Waals surface area (Å²) >= 11 is 0. The first-order valence-electron chi connectivity index (χ1n) is 8.85. The lowest BCUT2D eigenvalue weighted by molar-refractivity contribution is -0.147. The Morgan fingerprint density at radius 2 is 1.96 bits per heavy atom. The van der Waals surface area contributed by atoms with Crippen molar-refractivity contribution in [2.75, 3.05) is 7.11 Å². The van der Waals surface area contributed by atoms with Gasteiger partial charge in [0.25, 0.3) is 5.91 Å². The Kier molecular flexibility index (Phi) is 3.87. The van der Waals surface area contributed by atoms with E-state index in [2.05, 4.69) is 0 Å². The summed E-state index contributed by atoms with van der Waals surface area (Å²) in [7, 11) is 1.44. The number of methoxy groups -OCH3 is 1. The number of carbonyl (C=O) groups is 3. The Labute approximate surface area is 159 Å². The van der Waals surface area contributed by atoms with Gasteiger partial charge in [0.15, 0.2) is 11.4 Å². The van der Waals surface area contributed by atoms with Gasteiger partial charge in [-0.05, 0) is 30.4 Å². The fraction of sp³-hybridized carbons (Fsp3) is 0.350. The number of Topliss-reactive ketones (excluding diaryl/α,β-unsaturated/α-hetero) is 2. The number of primary amides is 1. The van der Waals surface area contributed by atoms with Crippen molar-refractivity contribution in [3.8, 4) is 5.75 Å². The molecule has 0 aliphatic heterocycles. The van der Waals surface area contributed by atoms with Crippen LogP contribution in [-0.4, -0.2) is 45.5 Å². The minimum Gasteiger partial charge on any atom is -0.508 e. The zero-order chi connectivity index (χ0) is 20.4. The van der Waals surface area contributed by atoms with Crippen LogP contribution in [0.4, 0.5) is 0 Å². The van der Waals surface area contributed by atoms with Crippen molar-refractivity contribution in [2.45, 2.75) is 24.9 Å². The molecule has 1 saturated carbocycles. The molecule has 3 aliphatic rings. The number of fused-ring (bicyclic) bond motifs is 3. The molecular formula is C20H19NO7. The van der Waals surface area contributed by atoms with Crippen LogP contribution in [0.15, 0.2) is 35.1 Å². The molecule has 0 spiro atoms. The first kappa shape index (κ1) is 18.2. The Balaban J connectivity index is 1.93. The van der Waals surface area contributed by atoms with E-state index in [1.807, 2.05) is 6.07 Å². The van der Waals surface area contributed by atoms with E-state index >= 15 is 0 Å². The number of ether oxygens (including phenoxy) is 1. The predicted octanol–water partition coefficient (Wildman–Crippen LogP) is 0.727. The monoisotopic (exact) mass is 385 g/mol. The van der Waals surface area contributed by atoms with Crippen LogP contribution in [0, 0.1) is 11.8 Å². The van der Waals surface area contributed by atoms with Crippen LogP contribution in [0.2, 0.25) is 0 Å². The molecule has 1 fully saturated rings. The van der Waals surface area contributed by atoms with Crippen molar-refractivity contribution in [1.29, 1.82) is 0 Å². The summed E-state index contributed by atoms with van der Waals surface area (Å²) < 4.78 is 5.28. The molecule has 1 amide bonds. The molecule has 8 heteroatoms. The van der Waals surface area contributed by atoms with Gasteiger partial charge in [-0.15, -0.1) is 0 Å². The minimum absolute atomic E-state index is 0.0412. The molecule has 0 bridgehead atoms. The van der Waals surface area contributed by atoms with Gasteiger partial charge in [0.1, 0.15) is 22.8 Å². The maximum atomic E-state index is 13.3.